The molecule has 0 fully saturated rings. The summed E-state index contributed by atoms with van der Waals surface area (Å²) >= 11 is 0. The first kappa shape index (κ1) is 22.0. The minimum atomic E-state index is -0.451. The number of nitrogens with zero attached hydrogens (tertiary/aromatic N) is 1. The third kappa shape index (κ3) is 4.13. The highest BCUT2D eigenvalue weighted by Crippen LogP contribution is 2.37. The second-order valence-electron chi connectivity index (χ2n) is 7.45. The third-order valence-corrected chi connectivity index (χ3v) is 5.42. The molecule has 0 aliphatic carbocycles. The molecule has 168 valence electrons. The van der Waals surface area contributed by atoms with Crippen LogP contribution in [0.5, 0.6) is 17.2 Å². The molecule has 1 N–H and O–H groups in total. The maximum atomic E-state index is 13.5. The molecule has 0 saturated carbocycles. The second-order valence-corrected chi connectivity index (χ2v) is 7.45. The quantitative estimate of drug-likeness (QED) is 0.544. The molecule has 2 amide bonds. The van der Waals surface area contributed by atoms with E-state index >= 15 is 0 Å². The van der Waals surface area contributed by atoms with Gasteiger partial charge in [-0.2, -0.15) is 0 Å². The molecule has 0 spiro atoms. The molecule has 4 rings (SSSR count). The summed E-state index contributed by atoms with van der Waals surface area (Å²) in [6.07, 6.45) is 0. The van der Waals surface area contributed by atoms with Crippen molar-refractivity contribution < 1.29 is 23.8 Å². The van der Waals surface area contributed by atoms with Crippen molar-refractivity contribution in [2.45, 2.75) is 6.92 Å². The van der Waals surface area contributed by atoms with E-state index in [4.69, 9.17) is 14.2 Å². The van der Waals surface area contributed by atoms with Crippen LogP contribution >= 0.6 is 0 Å². The summed E-state index contributed by atoms with van der Waals surface area (Å²) in [5.74, 6) is 0.871. The molecule has 0 saturated heterocycles. The Hall–Kier alpha value is -4.26. The lowest BCUT2D eigenvalue weighted by Gasteiger charge is -2.16. The van der Waals surface area contributed by atoms with E-state index < -0.39 is 11.8 Å². The lowest BCUT2D eigenvalue weighted by molar-refractivity contribution is -0.120. The number of ether oxygens (including phenoxy) is 3. The van der Waals surface area contributed by atoms with E-state index in [1.807, 2.05) is 19.1 Å². The molecule has 0 radical (unpaired) electrons. The molecule has 1 aliphatic heterocycles. The third-order valence-electron chi connectivity index (χ3n) is 5.42. The lowest BCUT2D eigenvalue weighted by Crippen LogP contribution is -2.32. The number of hydrogen-bond acceptors (Lipinski definition) is 6. The Morgan fingerprint density at radius 3 is 1.97 bits per heavy atom. The molecule has 0 aromatic heterocycles. The van der Waals surface area contributed by atoms with E-state index in [1.54, 1.807) is 68.8 Å². The zero-order valence-electron chi connectivity index (χ0n) is 18.8. The van der Waals surface area contributed by atoms with Crippen LogP contribution in [0.25, 0.3) is 5.57 Å². The van der Waals surface area contributed by atoms with Gasteiger partial charge in [0.15, 0.2) is 0 Å². The van der Waals surface area contributed by atoms with Crippen LogP contribution in [0, 0.1) is 6.92 Å². The molecule has 0 bridgehead atoms. The summed E-state index contributed by atoms with van der Waals surface area (Å²) < 4.78 is 16.0. The van der Waals surface area contributed by atoms with Gasteiger partial charge in [0.1, 0.15) is 22.9 Å². The number of methoxy groups -OCH3 is 3. The van der Waals surface area contributed by atoms with Crippen LogP contribution in [-0.4, -0.2) is 33.1 Å². The molecule has 7 nitrogen and oxygen atoms in total. The van der Waals surface area contributed by atoms with E-state index in [-0.39, 0.29) is 11.3 Å². The SMILES string of the molecule is COc1ccc(C2=C(Nc3ccc(OC)cc3OC)C(=O)N(c3ccc(C)cc3)C2=O)cc1. The molecule has 1 heterocycles. The van der Waals surface area contributed by atoms with Crippen molar-refractivity contribution in [2.75, 3.05) is 31.5 Å². The van der Waals surface area contributed by atoms with Crippen molar-refractivity contribution in [2.24, 2.45) is 0 Å². The number of carbonyl (C=O) groups excluding carboxylic acids is 2. The van der Waals surface area contributed by atoms with E-state index in [2.05, 4.69) is 5.32 Å². The van der Waals surface area contributed by atoms with Crippen LogP contribution < -0.4 is 24.4 Å². The summed E-state index contributed by atoms with van der Waals surface area (Å²) in [5.41, 5.74) is 3.09. The highest BCUT2D eigenvalue weighted by molar-refractivity contribution is 6.46. The van der Waals surface area contributed by atoms with Crippen molar-refractivity contribution in [3.8, 4) is 17.2 Å². The number of carbonyl (C=O) groups is 2. The molecule has 3 aromatic carbocycles. The van der Waals surface area contributed by atoms with Gasteiger partial charge in [-0.15, -0.1) is 0 Å². The van der Waals surface area contributed by atoms with Gasteiger partial charge in [-0.25, -0.2) is 4.90 Å². The Bertz CT molecular complexity index is 1230. The molecule has 3 aromatic rings. The smallest absolute Gasteiger partial charge is 0.282 e. The van der Waals surface area contributed by atoms with Gasteiger partial charge in [0, 0.05) is 6.07 Å². The Kier molecular flexibility index (Phi) is 6.04. The molecular weight excluding hydrogens is 420 g/mol. The van der Waals surface area contributed by atoms with Crippen molar-refractivity contribution in [3.63, 3.8) is 0 Å². The van der Waals surface area contributed by atoms with Gasteiger partial charge < -0.3 is 19.5 Å². The van der Waals surface area contributed by atoms with Crippen LogP contribution in [0.2, 0.25) is 0 Å². The van der Waals surface area contributed by atoms with Crippen molar-refractivity contribution in [3.05, 3.63) is 83.6 Å². The Balaban J connectivity index is 1.82. The van der Waals surface area contributed by atoms with E-state index in [9.17, 15) is 9.59 Å². The lowest BCUT2D eigenvalue weighted by atomic mass is 10.0. The first-order valence-corrected chi connectivity index (χ1v) is 10.3. The van der Waals surface area contributed by atoms with Gasteiger partial charge in [-0.05, 0) is 48.9 Å². The van der Waals surface area contributed by atoms with Gasteiger partial charge in [0.2, 0.25) is 0 Å². The maximum absolute atomic E-state index is 13.5. The van der Waals surface area contributed by atoms with Gasteiger partial charge in [-0.3, -0.25) is 9.59 Å². The van der Waals surface area contributed by atoms with Crippen LogP contribution in [0.3, 0.4) is 0 Å². The number of anilines is 2. The molecule has 33 heavy (non-hydrogen) atoms. The van der Waals surface area contributed by atoms with Crippen LogP contribution in [0.15, 0.2) is 72.4 Å². The normalized spacial score (nSPS) is 13.4. The fraction of sp³-hybridized carbons (Fsp3) is 0.154. The van der Waals surface area contributed by atoms with Gasteiger partial charge in [0.05, 0.1) is 38.3 Å². The van der Waals surface area contributed by atoms with Crippen molar-refractivity contribution in [1.29, 1.82) is 0 Å². The van der Waals surface area contributed by atoms with E-state index in [1.165, 1.54) is 12.0 Å². The first-order chi connectivity index (χ1) is 16.0. The van der Waals surface area contributed by atoms with Gasteiger partial charge >= 0.3 is 0 Å². The zero-order chi connectivity index (χ0) is 23.5. The average Bonchev–Trinajstić information content (AvgIpc) is 3.09. The zero-order valence-corrected chi connectivity index (χ0v) is 18.8. The molecule has 0 atom stereocenters. The topological polar surface area (TPSA) is 77.1 Å². The Morgan fingerprint density at radius 1 is 0.727 bits per heavy atom. The summed E-state index contributed by atoms with van der Waals surface area (Å²) in [7, 11) is 4.66. The first-order valence-electron chi connectivity index (χ1n) is 10.3. The van der Waals surface area contributed by atoms with Gasteiger partial charge in [-0.1, -0.05) is 29.8 Å². The number of rotatable bonds is 7. The Morgan fingerprint density at radius 2 is 1.36 bits per heavy atom. The number of amides is 2. The summed E-state index contributed by atoms with van der Waals surface area (Å²) in [4.78, 5) is 28.2. The molecule has 0 unspecified atom stereocenters. The van der Waals surface area contributed by atoms with E-state index in [0.717, 1.165) is 5.56 Å². The van der Waals surface area contributed by atoms with Crippen LogP contribution in [0.1, 0.15) is 11.1 Å². The number of nitrogens with one attached hydrogen (secondary N) is 1. The van der Waals surface area contributed by atoms with E-state index in [0.29, 0.717) is 34.2 Å². The minimum Gasteiger partial charge on any atom is -0.497 e. The maximum Gasteiger partial charge on any atom is 0.282 e. The predicted octanol–water partition coefficient (Wildman–Crippen LogP) is 4.42. The Labute approximate surface area is 192 Å². The highest BCUT2D eigenvalue weighted by atomic mass is 16.5. The standard InChI is InChI=1S/C26H24N2O5/c1-16-5-9-18(10-6-16)28-25(29)23(17-7-11-19(31-2)12-8-17)24(26(28)30)27-21-14-13-20(32-3)15-22(21)33-4/h5-15,27H,1-4H3. The number of hydrogen-bond donors (Lipinski definition) is 1. The fourth-order valence-corrected chi connectivity index (χ4v) is 3.64. The highest BCUT2D eigenvalue weighted by Gasteiger charge is 2.40. The molecule has 1 aliphatic rings. The van der Waals surface area contributed by atoms with Gasteiger partial charge in [0.25, 0.3) is 11.8 Å². The van der Waals surface area contributed by atoms with Crippen molar-refractivity contribution >= 4 is 28.8 Å². The number of aryl methyl sites for hydroxylation is 1. The predicted molar refractivity (Wildman–Crippen MR) is 127 cm³/mol. The van der Waals surface area contributed by atoms with Crippen molar-refractivity contribution in [1.82, 2.24) is 0 Å². The van der Waals surface area contributed by atoms with Crippen LogP contribution in [-0.2, 0) is 9.59 Å². The number of imide groups is 1. The monoisotopic (exact) mass is 444 g/mol. The summed E-state index contributed by atoms with van der Waals surface area (Å²) in [5, 5.41) is 3.14. The largest absolute Gasteiger partial charge is 0.497 e. The summed E-state index contributed by atoms with van der Waals surface area (Å²) in [6.45, 7) is 1.95. The average molecular weight is 444 g/mol. The van der Waals surface area contributed by atoms with Crippen LogP contribution in [0.4, 0.5) is 11.4 Å². The molecule has 7 heteroatoms. The minimum absolute atomic E-state index is 0.161. The second kappa shape index (κ2) is 9.08. The number of benzene rings is 3. The fourth-order valence-electron chi connectivity index (χ4n) is 3.64. The summed E-state index contributed by atoms with van der Waals surface area (Å²) in [6, 6.07) is 19.4. The molecular formula is C26H24N2O5.